The molecule has 136 valence electrons. The summed E-state index contributed by atoms with van der Waals surface area (Å²) in [7, 11) is -3.71. The highest BCUT2D eigenvalue weighted by Gasteiger charge is 2.26. The van der Waals surface area contributed by atoms with E-state index in [4.69, 9.17) is 0 Å². The number of benzene rings is 1. The molecule has 25 heavy (non-hydrogen) atoms. The van der Waals surface area contributed by atoms with Crippen molar-refractivity contribution in [2.24, 2.45) is 0 Å². The van der Waals surface area contributed by atoms with E-state index in [2.05, 4.69) is 10.3 Å². The zero-order valence-electron chi connectivity index (χ0n) is 14.4. The number of carbonyl (C=O) groups excluding carboxylic acids is 1. The average molecular weight is 382 g/mol. The summed E-state index contributed by atoms with van der Waals surface area (Å²) < 4.78 is 26.9. The number of sulfonamides is 1. The number of carbonyl (C=O) groups is 1. The quantitative estimate of drug-likeness (QED) is 0.676. The van der Waals surface area contributed by atoms with Gasteiger partial charge in [0.2, 0.25) is 15.9 Å². The van der Waals surface area contributed by atoms with E-state index in [0.717, 1.165) is 18.5 Å². The zero-order chi connectivity index (χ0) is 18.3. The fraction of sp³-hybridized carbons (Fsp3) is 0.412. The number of aryl methyl sites for hydroxylation is 1. The Bertz CT molecular complexity index is 788. The summed E-state index contributed by atoms with van der Waals surface area (Å²) in [5.41, 5.74) is 0.817. The Hall–Kier alpha value is -1.77. The third-order valence-corrected chi connectivity index (χ3v) is 6.31. The van der Waals surface area contributed by atoms with Crippen molar-refractivity contribution in [2.75, 3.05) is 18.4 Å². The monoisotopic (exact) mass is 381 g/mol. The molecule has 8 heteroatoms. The first kappa shape index (κ1) is 19.6. The van der Waals surface area contributed by atoms with Gasteiger partial charge in [0.1, 0.15) is 0 Å². The minimum Gasteiger partial charge on any atom is -0.301 e. The van der Waals surface area contributed by atoms with Crippen LogP contribution >= 0.6 is 11.3 Å². The van der Waals surface area contributed by atoms with Crippen LogP contribution in [-0.2, 0) is 14.8 Å². The third-order valence-electron chi connectivity index (χ3n) is 3.58. The molecule has 0 spiro atoms. The molecule has 2 rings (SSSR count). The second-order valence-corrected chi connectivity index (χ2v) is 8.50. The van der Waals surface area contributed by atoms with Crippen molar-refractivity contribution in [3.8, 4) is 0 Å². The number of hydrogen-bond acceptors (Lipinski definition) is 5. The average Bonchev–Trinajstić information content (AvgIpc) is 2.99. The van der Waals surface area contributed by atoms with Crippen LogP contribution in [0.2, 0.25) is 0 Å². The van der Waals surface area contributed by atoms with Gasteiger partial charge < -0.3 is 5.32 Å². The van der Waals surface area contributed by atoms with E-state index in [1.54, 1.807) is 30.3 Å². The van der Waals surface area contributed by atoms with Crippen LogP contribution in [0.25, 0.3) is 0 Å². The van der Waals surface area contributed by atoms with E-state index in [1.807, 2.05) is 19.2 Å². The van der Waals surface area contributed by atoms with Gasteiger partial charge in [0.05, 0.1) is 17.1 Å². The van der Waals surface area contributed by atoms with Gasteiger partial charge in [-0.1, -0.05) is 38.0 Å². The highest BCUT2D eigenvalue weighted by atomic mass is 32.2. The molecule has 1 heterocycles. The van der Waals surface area contributed by atoms with Gasteiger partial charge >= 0.3 is 0 Å². The minimum absolute atomic E-state index is 0.199. The van der Waals surface area contributed by atoms with Crippen LogP contribution in [-0.4, -0.2) is 36.7 Å². The van der Waals surface area contributed by atoms with Gasteiger partial charge in [-0.3, -0.25) is 4.79 Å². The molecule has 0 unspecified atom stereocenters. The van der Waals surface area contributed by atoms with Crippen LogP contribution in [0.1, 0.15) is 31.9 Å². The number of unbranched alkanes of at least 4 members (excludes halogenated alkanes) is 2. The maximum atomic E-state index is 12.9. The van der Waals surface area contributed by atoms with Gasteiger partial charge in [-0.15, -0.1) is 11.3 Å². The SMILES string of the molecule is CCCCCN(CC(=O)Nc1nc(C)cs1)S(=O)(=O)c1ccccc1. The van der Waals surface area contributed by atoms with Gasteiger partial charge in [-0.05, 0) is 25.5 Å². The molecule has 0 radical (unpaired) electrons. The summed E-state index contributed by atoms with van der Waals surface area (Å²) in [5.74, 6) is -0.384. The summed E-state index contributed by atoms with van der Waals surface area (Å²) in [4.78, 5) is 16.7. The lowest BCUT2D eigenvalue weighted by Crippen LogP contribution is -2.38. The number of hydrogen-bond donors (Lipinski definition) is 1. The number of amides is 1. The molecule has 6 nitrogen and oxygen atoms in total. The summed E-state index contributed by atoms with van der Waals surface area (Å²) in [5, 5.41) is 4.98. The Morgan fingerprint density at radius 3 is 2.56 bits per heavy atom. The lowest BCUT2D eigenvalue weighted by molar-refractivity contribution is -0.116. The summed E-state index contributed by atoms with van der Waals surface area (Å²) in [6, 6.07) is 8.21. The van der Waals surface area contributed by atoms with Crippen molar-refractivity contribution in [3.63, 3.8) is 0 Å². The molecule has 0 atom stereocenters. The minimum atomic E-state index is -3.71. The van der Waals surface area contributed by atoms with Gasteiger partial charge in [-0.2, -0.15) is 4.31 Å². The Kier molecular flexibility index (Phi) is 7.10. The van der Waals surface area contributed by atoms with E-state index in [1.165, 1.54) is 15.6 Å². The van der Waals surface area contributed by atoms with Crippen LogP contribution in [0.5, 0.6) is 0 Å². The standard InChI is InChI=1S/C17H23N3O3S2/c1-3-4-8-11-20(25(22,23)15-9-6-5-7-10-15)12-16(21)19-17-18-14(2)13-24-17/h5-7,9-10,13H,3-4,8,11-12H2,1-2H3,(H,18,19,21). The second-order valence-electron chi connectivity index (χ2n) is 5.70. The zero-order valence-corrected chi connectivity index (χ0v) is 16.1. The molecule has 1 N–H and O–H groups in total. The first-order chi connectivity index (χ1) is 11.9. The van der Waals surface area contributed by atoms with Crippen molar-refractivity contribution in [3.05, 3.63) is 41.4 Å². The Labute approximate surface area is 153 Å². The molecule has 1 amide bonds. The number of aromatic nitrogens is 1. The molecular formula is C17H23N3O3S2. The van der Waals surface area contributed by atoms with Gasteiger partial charge in [-0.25, -0.2) is 13.4 Å². The van der Waals surface area contributed by atoms with E-state index in [0.29, 0.717) is 18.1 Å². The van der Waals surface area contributed by atoms with Gasteiger partial charge in [0.25, 0.3) is 0 Å². The lowest BCUT2D eigenvalue weighted by Gasteiger charge is -2.21. The first-order valence-corrected chi connectivity index (χ1v) is 10.5. The maximum Gasteiger partial charge on any atom is 0.243 e. The Morgan fingerprint density at radius 2 is 1.96 bits per heavy atom. The molecule has 0 aliphatic rings. The molecule has 1 aromatic heterocycles. The van der Waals surface area contributed by atoms with E-state index >= 15 is 0 Å². The molecule has 2 aromatic rings. The van der Waals surface area contributed by atoms with Crippen LogP contribution in [0.15, 0.2) is 40.6 Å². The molecule has 0 aliphatic carbocycles. The molecular weight excluding hydrogens is 358 g/mol. The van der Waals surface area contributed by atoms with Crippen molar-refractivity contribution < 1.29 is 13.2 Å². The second kappa shape index (κ2) is 9.07. The topological polar surface area (TPSA) is 79.4 Å². The lowest BCUT2D eigenvalue weighted by atomic mass is 10.2. The largest absolute Gasteiger partial charge is 0.301 e. The highest BCUT2D eigenvalue weighted by Crippen LogP contribution is 2.18. The fourth-order valence-electron chi connectivity index (χ4n) is 2.29. The van der Waals surface area contributed by atoms with Crippen molar-refractivity contribution in [2.45, 2.75) is 38.0 Å². The predicted octanol–water partition coefficient (Wildman–Crippen LogP) is 3.27. The van der Waals surface area contributed by atoms with Crippen molar-refractivity contribution in [1.29, 1.82) is 0 Å². The molecule has 0 fully saturated rings. The normalized spacial score (nSPS) is 11.6. The number of rotatable bonds is 9. The highest BCUT2D eigenvalue weighted by molar-refractivity contribution is 7.89. The van der Waals surface area contributed by atoms with Crippen LogP contribution in [0.3, 0.4) is 0 Å². The molecule has 1 aromatic carbocycles. The fourth-order valence-corrected chi connectivity index (χ4v) is 4.45. The third kappa shape index (κ3) is 5.62. The molecule has 0 saturated heterocycles. The summed E-state index contributed by atoms with van der Waals surface area (Å²) in [6.07, 6.45) is 2.60. The molecule has 0 bridgehead atoms. The predicted molar refractivity (Wildman–Crippen MR) is 100 cm³/mol. The molecule has 0 aliphatic heterocycles. The van der Waals surface area contributed by atoms with Crippen LogP contribution in [0.4, 0.5) is 5.13 Å². The number of thiazole rings is 1. The number of anilines is 1. The Morgan fingerprint density at radius 1 is 1.24 bits per heavy atom. The van der Waals surface area contributed by atoms with Crippen molar-refractivity contribution >= 4 is 32.4 Å². The number of nitrogens with one attached hydrogen (secondary N) is 1. The van der Waals surface area contributed by atoms with Crippen LogP contribution < -0.4 is 5.32 Å². The Balaban J connectivity index is 2.13. The first-order valence-electron chi connectivity index (χ1n) is 8.20. The van der Waals surface area contributed by atoms with E-state index in [9.17, 15) is 13.2 Å². The van der Waals surface area contributed by atoms with Gasteiger partial charge in [0.15, 0.2) is 5.13 Å². The smallest absolute Gasteiger partial charge is 0.243 e. The summed E-state index contributed by atoms with van der Waals surface area (Å²) in [6.45, 7) is 3.98. The maximum absolute atomic E-state index is 12.9. The van der Waals surface area contributed by atoms with Crippen LogP contribution in [0, 0.1) is 6.92 Å². The molecule has 0 saturated carbocycles. The van der Waals surface area contributed by atoms with E-state index < -0.39 is 10.0 Å². The summed E-state index contributed by atoms with van der Waals surface area (Å²) >= 11 is 1.32. The van der Waals surface area contributed by atoms with E-state index in [-0.39, 0.29) is 17.3 Å². The van der Waals surface area contributed by atoms with Gasteiger partial charge in [0, 0.05) is 11.9 Å². The number of nitrogens with zero attached hydrogens (tertiary/aromatic N) is 2. The van der Waals surface area contributed by atoms with Crippen molar-refractivity contribution in [1.82, 2.24) is 9.29 Å².